The van der Waals surface area contributed by atoms with Crippen molar-refractivity contribution in [3.05, 3.63) is 37.7 Å². The molecule has 0 heterocycles. The molecule has 2 bridgehead atoms. The van der Waals surface area contributed by atoms with E-state index in [1.807, 2.05) is 6.07 Å². The van der Waals surface area contributed by atoms with Crippen LogP contribution in [0, 0.1) is 17.8 Å². The second-order valence-corrected chi connectivity index (χ2v) is 7.42. The molecule has 0 saturated heterocycles. The van der Waals surface area contributed by atoms with Crippen molar-refractivity contribution in [2.45, 2.75) is 12.8 Å². The average Bonchev–Trinajstić information content (AvgIpc) is 3.02. The number of esters is 1. The molecule has 0 aliphatic heterocycles. The van der Waals surface area contributed by atoms with Gasteiger partial charge in [-0.1, -0.05) is 12.2 Å². The standard InChI is InChI=1S/C14H11Br3O2/c15-10-3-4-11(13(17)12(10)16)19-14(18)9-6-7-1-2-8(9)5-7/h1-4,7-9H,5-6H2. The maximum atomic E-state index is 12.2. The monoisotopic (exact) mass is 448 g/mol. The molecular weight excluding hydrogens is 440 g/mol. The maximum absolute atomic E-state index is 12.2. The van der Waals surface area contributed by atoms with Crippen LogP contribution >= 0.6 is 47.8 Å². The predicted octanol–water partition coefficient (Wildman–Crippen LogP) is 5.09. The first kappa shape index (κ1) is 13.8. The molecule has 0 N–H and O–H groups in total. The summed E-state index contributed by atoms with van der Waals surface area (Å²) in [7, 11) is 0. The smallest absolute Gasteiger partial charge is 0.314 e. The van der Waals surface area contributed by atoms with Gasteiger partial charge >= 0.3 is 5.97 Å². The first-order chi connectivity index (χ1) is 9.06. The van der Waals surface area contributed by atoms with E-state index in [9.17, 15) is 4.79 Å². The van der Waals surface area contributed by atoms with Crippen molar-refractivity contribution in [3.8, 4) is 5.75 Å². The van der Waals surface area contributed by atoms with Gasteiger partial charge in [0.05, 0.1) is 10.4 Å². The summed E-state index contributed by atoms with van der Waals surface area (Å²) in [4.78, 5) is 12.2. The third-order valence-corrected chi connectivity index (χ3v) is 7.13. The molecule has 0 aromatic heterocycles. The third-order valence-electron chi connectivity index (χ3n) is 3.79. The minimum atomic E-state index is -0.119. The molecule has 1 aromatic rings. The quantitative estimate of drug-likeness (QED) is 0.271. The van der Waals surface area contributed by atoms with Crippen LogP contribution in [-0.2, 0) is 4.79 Å². The number of hydrogen-bond donors (Lipinski definition) is 0. The number of benzene rings is 1. The summed E-state index contributed by atoms with van der Waals surface area (Å²) in [6.45, 7) is 0. The van der Waals surface area contributed by atoms with Crippen LogP contribution in [-0.4, -0.2) is 5.97 Å². The largest absolute Gasteiger partial charge is 0.425 e. The van der Waals surface area contributed by atoms with Crippen LogP contribution in [0.2, 0.25) is 0 Å². The molecule has 2 nitrogen and oxygen atoms in total. The lowest BCUT2D eigenvalue weighted by atomic mass is 9.94. The van der Waals surface area contributed by atoms with E-state index in [4.69, 9.17) is 4.74 Å². The molecule has 3 unspecified atom stereocenters. The fourth-order valence-corrected chi connectivity index (χ4v) is 4.17. The predicted molar refractivity (Wildman–Crippen MR) is 84.0 cm³/mol. The molecule has 2 aliphatic carbocycles. The number of carbonyl (C=O) groups excluding carboxylic acids is 1. The van der Waals surface area contributed by atoms with Crippen LogP contribution in [0.25, 0.3) is 0 Å². The van der Waals surface area contributed by atoms with E-state index in [1.54, 1.807) is 6.07 Å². The maximum Gasteiger partial charge on any atom is 0.314 e. The van der Waals surface area contributed by atoms with Gasteiger partial charge in [0.1, 0.15) is 5.75 Å². The second-order valence-electron chi connectivity index (χ2n) is 4.98. The summed E-state index contributed by atoms with van der Waals surface area (Å²) in [6.07, 6.45) is 6.41. The van der Waals surface area contributed by atoms with Crippen molar-refractivity contribution >= 4 is 53.8 Å². The summed E-state index contributed by atoms with van der Waals surface area (Å²) in [5.41, 5.74) is 0. The fraction of sp³-hybridized carbons (Fsp3) is 0.357. The first-order valence-corrected chi connectivity index (χ1v) is 8.47. The lowest BCUT2D eigenvalue weighted by Crippen LogP contribution is -2.24. The molecule has 3 atom stereocenters. The number of hydrogen-bond acceptors (Lipinski definition) is 2. The van der Waals surface area contributed by atoms with E-state index >= 15 is 0 Å². The molecule has 3 rings (SSSR count). The van der Waals surface area contributed by atoms with Gasteiger partial charge in [-0.2, -0.15) is 0 Å². The summed E-state index contributed by atoms with van der Waals surface area (Å²) in [5, 5.41) is 0. The zero-order chi connectivity index (χ0) is 13.6. The summed E-state index contributed by atoms with van der Waals surface area (Å²) < 4.78 is 8.08. The number of fused-ring (bicyclic) bond motifs is 2. The van der Waals surface area contributed by atoms with Crippen molar-refractivity contribution in [2.24, 2.45) is 17.8 Å². The highest BCUT2D eigenvalue weighted by Crippen LogP contribution is 2.45. The number of carbonyl (C=O) groups is 1. The summed E-state index contributed by atoms with van der Waals surface area (Å²) >= 11 is 10.3. The van der Waals surface area contributed by atoms with Gasteiger partial charge < -0.3 is 4.74 Å². The Kier molecular flexibility index (Phi) is 3.89. The number of rotatable bonds is 2. The molecular formula is C14H11Br3O2. The summed E-state index contributed by atoms with van der Waals surface area (Å²) in [6, 6.07) is 3.65. The molecule has 100 valence electrons. The van der Waals surface area contributed by atoms with Crippen LogP contribution in [0.1, 0.15) is 12.8 Å². The Balaban J connectivity index is 1.77. The van der Waals surface area contributed by atoms with Gasteiger partial charge in [0, 0.05) is 8.95 Å². The van der Waals surface area contributed by atoms with Crippen molar-refractivity contribution in [1.29, 1.82) is 0 Å². The average molecular weight is 451 g/mol. The third kappa shape index (κ3) is 2.57. The van der Waals surface area contributed by atoms with Crippen LogP contribution in [0.4, 0.5) is 0 Å². The van der Waals surface area contributed by atoms with E-state index in [2.05, 4.69) is 59.9 Å². The van der Waals surface area contributed by atoms with Gasteiger partial charge in [0.25, 0.3) is 0 Å². The molecule has 1 saturated carbocycles. The van der Waals surface area contributed by atoms with Gasteiger partial charge in [-0.25, -0.2) is 0 Å². The van der Waals surface area contributed by atoms with Crippen LogP contribution in [0.5, 0.6) is 5.75 Å². The van der Waals surface area contributed by atoms with Crippen LogP contribution in [0.3, 0.4) is 0 Å². The van der Waals surface area contributed by atoms with Crippen LogP contribution in [0.15, 0.2) is 37.7 Å². The fourth-order valence-electron chi connectivity index (χ4n) is 2.82. The lowest BCUT2D eigenvalue weighted by molar-refractivity contribution is -0.139. The molecule has 1 aromatic carbocycles. The Bertz CT molecular complexity index is 568. The molecule has 1 fully saturated rings. The molecule has 0 amide bonds. The number of allylic oxidation sites excluding steroid dienone is 2. The highest BCUT2D eigenvalue weighted by Gasteiger charge is 2.41. The van der Waals surface area contributed by atoms with Gasteiger partial charge in [0.15, 0.2) is 0 Å². The summed E-state index contributed by atoms with van der Waals surface area (Å²) in [5.74, 6) is 1.40. The van der Waals surface area contributed by atoms with E-state index in [0.717, 1.165) is 26.3 Å². The van der Waals surface area contributed by atoms with Crippen molar-refractivity contribution in [3.63, 3.8) is 0 Å². The van der Waals surface area contributed by atoms with Crippen molar-refractivity contribution in [1.82, 2.24) is 0 Å². The minimum absolute atomic E-state index is 0.0179. The van der Waals surface area contributed by atoms with E-state index in [0.29, 0.717) is 17.6 Å². The van der Waals surface area contributed by atoms with E-state index < -0.39 is 0 Å². The van der Waals surface area contributed by atoms with Gasteiger partial charge in [-0.05, 0) is 84.6 Å². The van der Waals surface area contributed by atoms with E-state index in [-0.39, 0.29) is 11.9 Å². The van der Waals surface area contributed by atoms with Gasteiger partial charge in [-0.15, -0.1) is 0 Å². The highest BCUT2D eigenvalue weighted by molar-refractivity contribution is 9.14. The normalized spacial score (nSPS) is 27.8. The SMILES string of the molecule is O=C(Oc1ccc(Br)c(Br)c1Br)C1CC2C=CC1C2. The zero-order valence-electron chi connectivity index (χ0n) is 9.91. The van der Waals surface area contributed by atoms with Gasteiger partial charge in [-0.3, -0.25) is 4.79 Å². The Morgan fingerprint density at radius 3 is 2.53 bits per heavy atom. The van der Waals surface area contributed by atoms with Crippen molar-refractivity contribution in [2.75, 3.05) is 0 Å². The van der Waals surface area contributed by atoms with Crippen LogP contribution < -0.4 is 4.74 Å². The minimum Gasteiger partial charge on any atom is -0.425 e. The zero-order valence-corrected chi connectivity index (χ0v) is 14.7. The Morgan fingerprint density at radius 2 is 1.89 bits per heavy atom. The molecule has 2 aliphatic rings. The Labute approximate surface area is 137 Å². The topological polar surface area (TPSA) is 26.3 Å². The Morgan fingerprint density at radius 1 is 1.11 bits per heavy atom. The molecule has 19 heavy (non-hydrogen) atoms. The highest BCUT2D eigenvalue weighted by atomic mass is 79.9. The number of halogens is 3. The van der Waals surface area contributed by atoms with Gasteiger partial charge in [0.2, 0.25) is 0 Å². The molecule has 0 spiro atoms. The number of ether oxygens (including phenoxy) is 1. The first-order valence-electron chi connectivity index (χ1n) is 6.10. The molecule has 0 radical (unpaired) electrons. The van der Waals surface area contributed by atoms with Crippen molar-refractivity contribution < 1.29 is 9.53 Å². The molecule has 5 heteroatoms. The second kappa shape index (κ2) is 5.34. The van der Waals surface area contributed by atoms with E-state index in [1.165, 1.54) is 0 Å². The lowest BCUT2D eigenvalue weighted by Gasteiger charge is -2.17. The Hall–Kier alpha value is -0.130.